The molecule has 154 valence electrons. The number of amides is 1. The van der Waals surface area contributed by atoms with Crippen molar-refractivity contribution in [3.05, 3.63) is 59.7 Å². The van der Waals surface area contributed by atoms with Gasteiger partial charge < -0.3 is 9.47 Å². The van der Waals surface area contributed by atoms with Crippen LogP contribution < -0.4 is 25.8 Å². The maximum absolute atomic E-state index is 12.3. The van der Waals surface area contributed by atoms with E-state index in [1.807, 2.05) is 48.5 Å². The zero-order valence-corrected chi connectivity index (χ0v) is 16.9. The van der Waals surface area contributed by atoms with Gasteiger partial charge in [0.1, 0.15) is 17.5 Å². The monoisotopic (exact) mass is 396 g/mol. The number of hydrazone groups is 1. The van der Waals surface area contributed by atoms with E-state index in [0.717, 1.165) is 42.1 Å². The minimum atomic E-state index is -0.353. The molecule has 1 aliphatic rings. The Hall–Kier alpha value is -2.90. The van der Waals surface area contributed by atoms with Gasteiger partial charge in [-0.3, -0.25) is 4.79 Å². The number of hydrogen-bond acceptors (Lipinski definition) is 6. The van der Waals surface area contributed by atoms with Gasteiger partial charge in [0.25, 0.3) is 5.91 Å². The van der Waals surface area contributed by atoms with E-state index < -0.39 is 0 Å². The molecule has 2 aromatic carbocycles. The maximum atomic E-state index is 12.3. The number of methoxy groups -OCH3 is 1. The standard InChI is InChI=1S/C22H28N4O3/c1-3-4-13-29-19-11-7-17(8-12-19)20-14-21(25-24-20)22(27)26-23-15-16-5-9-18(28-2)10-6-16/h5-12,15,20-21,24-25H,3-4,13-14H2,1-2H3,(H,26,27)/b23-15+. The molecular weight excluding hydrogens is 368 g/mol. The Balaban J connectivity index is 1.46. The Kier molecular flexibility index (Phi) is 7.61. The molecule has 2 unspecified atom stereocenters. The molecule has 0 aromatic heterocycles. The molecule has 0 aliphatic carbocycles. The Morgan fingerprint density at radius 3 is 2.55 bits per heavy atom. The van der Waals surface area contributed by atoms with Crippen molar-refractivity contribution in [2.24, 2.45) is 5.10 Å². The maximum Gasteiger partial charge on any atom is 0.258 e. The Morgan fingerprint density at radius 2 is 1.86 bits per heavy atom. The molecule has 3 rings (SSSR count). The summed E-state index contributed by atoms with van der Waals surface area (Å²) in [6.45, 7) is 2.88. The van der Waals surface area contributed by atoms with Crippen molar-refractivity contribution in [3.8, 4) is 11.5 Å². The normalized spacial score (nSPS) is 18.7. The van der Waals surface area contributed by atoms with Gasteiger partial charge in [-0.1, -0.05) is 25.5 Å². The minimum Gasteiger partial charge on any atom is -0.497 e. The van der Waals surface area contributed by atoms with Crippen molar-refractivity contribution in [1.29, 1.82) is 0 Å². The van der Waals surface area contributed by atoms with E-state index in [1.165, 1.54) is 0 Å². The highest BCUT2D eigenvalue weighted by Gasteiger charge is 2.30. The van der Waals surface area contributed by atoms with E-state index in [-0.39, 0.29) is 18.0 Å². The van der Waals surface area contributed by atoms with Gasteiger partial charge in [-0.2, -0.15) is 5.10 Å². The number of unbranched alkanes of at least 4 members (excludes halogenated alkanes) is 1. The van der Waals surface area contributed by atoms with Crippen LogP contribution in [0.3, 0.4) is 0 Å². The van der Waals surface area contributed by atoms with Crippen LogP contribution in [0.4, 0.5) is 0 Å². The molecule has 3 N–H and O–H groups in total. The fraction of sp³-hybridized carbons (Fsp3) is 0.364. The van der Waals surface area contributed by atoms with E-state index >= 15 is 0 Å². The fourth-order valence-electron chi connectivity index (χ4n) is 3.02. The van der Waals surface area contributed by atoms with Crippen LogP contribution in [0.1, 0.15) is 43.4 Å². The SMILES string of the molecule is CCCCOc1ccc(C2CC(C(=O)N/N=C/c3ccc(OC)cc3)NN2)cc1. The molecule has 1 fully saturated rings. The van der Waals surface area contributed by atoms with Crippen LogP contribution in [0.2, 0.25) is 0 Å². The average molecular weight is 396 g/mol. The third-order valence-electron chi connectivity index (χ3n) is 4.77. The second kappa shape index (κ2) is 10.6. The molecule has 1 heterocycles. The second-order valence-electron chi connectivity index (χ2n) is 6.91. The Labute approximate surface area is 171 Å². The number of ether oxygens (including phenoxy) is 2. The number of benzene rings is 2. The highest BCUT2D eigenvalue weighted by atomic mass is 16.5. The van der Waals surface area contributed by atoms with Crippen molar-refractivity contribution in [2.75, 3.05) is 13.7 Å². The number of rotatable bonds is 9. The molecule has 0 saturated carbocycles. The lowest BCUT2D eigenvalue weighted by Crippen LogP contribution is -2.41. The molecule has 0 radical (unpaired) electrons. The quantitative estimate of drug-likeness (QED) is 0.345. The summed E-state index contributed by atoms with van der Waals surface area (Å²) in [4.78, 5) is 12.3. The molecule has 2 aromatic rings. The van der Waals surface area contributed by atoms with Gasteiger partial charge in [0.05, 0.1) is 19.9 Å². The van der Waals surface area contributed by atoms with Gasteiger partial charge in [-0.15, -0.1) is 0 Å². The Bertz CT molecular complexity index is 806. The lowest BCUT2D eigenvalue weighted by molar-refractivity contribution is -0.122. The first-order valence-electron chi connectivity index (χ1n) is 9.90. The smallest absolute Gasteiger partial charge is 0.258 e. The molecule has 1 aliphatic heterocycles. The summed E-state index contributed by atoms with van der Waals surface area (Å²) in [6.07, 6.45) is 4.41. The number of nitrogens with one attached hydrogen (secondary N) is 3. The van der Waals surface area contributed by atoms with Crippen LogP contribution in [0.25, 0.3) is 0 Å². The molecule has 0 spiro atoms. The molecule has 7 heteroatoms. The fourth-order valence-corrected chi connectivity index (χ4v) is 3.02. The van der Waals surface area contributed by atoms with Crippen molar-refractivity contribution in [2.45, 2.75) is 38.3 Å². The summed E-state index contributed by atoms with van der Waals surface area (Å²) in [5, 5.41) is 4.04. The summed E-state index contributed by atoms with van der Waals surface area (Å²) in [5.41, 5.74) is 10.8. The predicted molar refractivity (Wildman–Crippen MR) is 113 cm³/mol. The highest BCUT2D eigenvalue weighted by Crippen LogP contribution is 2.24. The van der Waals surface area contributed by atoms with Crippen LogP contribution in [-0.2, 0) is 4.79 Å². The number of nitrogens with zero attached hydrogens (tertiary/aromatic N) is 1. The van der Waals surface area contributed by atoms with Gasteiger partial charge in [0, 0.05) is 6.04 Å². The highest BCUT2D eigenvalue weighted by molar-refractivity contribution is 5.85. The molecule has 2 atom stereocenters. The van der Waals surface area contributed by atoms with Crippen molar-refractivity contribution in [1.82, 2.24) is 16.3 Å². The number of hydrogen-bond donors (Lipinski definition) is 3. The van der Waals surface area contributed by atoms with Gasteiger partial charge >= 0.3 is 0 Å². The topological polar surface area (TPSA) is 84.0 Å². The van der Waals surface area contributed by atoms with Gasteiger partial charge in [0.2, 0.25) is 0 Å². The third-order valence-corrected chi connectivity index (χ3v) is 4.77. The van der Waals surface area contributed by atoms with Crippen LogP contribution >= 0.6 is 0 Å². The number of hydrazine groups is 1. The predicted octanol–water partition coefficient (Wildman–Crippen LogP) is 2.93. The van der Waals surface area contributed by atoms with E-state index in [2.05, 4.69) is 28.3 Å². The first-order valence-corrected chi connectivity index (χ1v) is 9.90. The van der Waals surface area contributed by atoms with Gasteiger partial charge in [0.15, 0.2) is 0 Å². The van der Waals surface area contributed by atoms with Crippen molar-refractivity contribution < 1.29 is 14.3 Å². The van der Waals surface area contributed by atoms with E-state index in [1.54, 1.807) is 13.3 Å². The van der Waals surface area contributed by atoms with E-state index in [0.29, 0.717) is 6.42 Å². The zero-order chi connectivity index (χ0) is 20.5. The Morgan fingerprint density at radius 1 is 1.14 bits per heavy atom. The summed E-state index contributed by atoms with van der Waals surface area (Å²) >= 11 is 0. The first kappa shape index (κ1) is 20.8. The molecule has 1 amide bonds. The van der Waals surface area contributed by atoms with Crippen LogP contribution in [0, 0.1) is 0 Å². The molecule has 0 bridgehead atoms. The lowest BCUT2D eigenvalue weighted by Gasteiger charge is -2.11. The third kappa shape index (κ3) is 6.04. The average Bonchev–Trinajstić information content (AvgIpc) is 3.25. The summed E-state index contributed by atoms with van der Waals surface area (Å²) < 4.78 is 10.8. The molecule has 29 heavy (non-hydrogen) atoms. The van der Waals surface area contributed by atoms with Crippen LogP contribution in [0.15, 0.2) is 53.6 Å². The van der Waals surface area contributed by atoms with Gasteiger partial charge in [-0.25, -0.2) is 16.3 Å². The largest absolute Gasteiger partial charge is 0.497 e. The lowest BCUT2D eigenvalue weighted by atomic mass is 10.0. The van der Waals surface area contributed by atoms with Crippen molar-refractivity contribution >= 4 is 12.1 Å². The summed E-state index contributed by atoms with van der Waals surface area (Å²) in [6, 6.07) is 15.1. The number of carbonyl (C=O) groups is 1. The zero-order valence-electron chi connectivity index (χ0n) is 16.9. The number of carbonyl (C=O) groups excluding carboxylic acids is 1. The molecule has 1 saturated heterocycles. The second-order valence-corrected chi connectivity index (χ2v) is 6.91. The van der Waals surface area contributed by atoms with Crippen molar-refractivity contribution in [3.63, 3.8) is 0 Å². The van der Waals surface area contributed by atoms with Gasteiger partial charge in [-0.05, 0) is 60.4 Å². The van der Waals surface area contributed by atoms with Crippen LogP contribution in [0.5, 0.6) is 11.5 Å². The van der Waals surface area contributed by atoms with Crippen LogP contribution in [-0.4, -0.2) is 31.9 Å². The molecule has 7 nitrogen and oxygen atoms in total. The molecular formula is C22H28N4O3. The summed E-state index contributed by atoms with van der Waals surface area (Å²) in [5.74, 6) is 1.47. The summed E-state index contributed by atoms with van der Waals surface area (Å²) in [7, 11) is 1.62. The van der Waals surface area contributed by atoms with E-state index in [9.17, 15) is 4.79 Å². The van der Waals surface area contributed by atoms with E-state index in [4.69, 9.17) is 9.47 Å². The minimum absolute atomic E-state index is 0.0565. The first-order chi connectivity index (χ1) is 14.2.